The van der Waals surface area contributed by atoms with Crippen LogP contribution >= 0.6 is 55.4 Å². The Hall–Kier alpha value is -0.420. The van der Waals surface area contributed by atoms with E-state index in [0.717, 1.165) is 8.95 Å². The molecule has 0 aliphatic carbocycles. The van der Waals surface area contributed by atoms with Crippen molar-refractivity contribution in [2.45, 2.75) is 0 Å². The number of hydrogen-bond acceptors (Lipinski definition) is 2. The predicted octanol–water partition coefficient (Wildman–Crippen LogP) is 6.99. The molecule has 2 aromatic carbocycles. The number of rotatable bonds is 2. The van der Waals surface area contributed by atoms with Gasteiger partial charge >= 0.3 is 0 Å². The second-order valence-electron chi connectivity index (χ2n) is 4.22. The van der Waals surface area contributed by atoms with Crippen LogP contribution in [0, 0.1) is 0 Å². The van der Waals surface area contributed by atoms with Gasteiger partial charge in [-0.05, 0) is 46.2 Å². The Morgan fingerprint density at radius 3 is 1.40 bits per heavy atom. The fourth-order valence-electron chi connectivity index (χ4n) is 1.81. The molecule has 100 valence electrons. The Balaban J connectivity index is 1.83. The van der Waals surface area contributed by atoms with E-state index in [1.165, 1.54) is 20.9 Å². The maximum atomic E-state index is 3.48. The Bertz CT molecular complexity index is 611. The van der Waals surface area contributed by atoms with Crippen LogP contribution < -0.4 is 0 Å². The van der Waals surface area contributed by atoms with Crippen molar-refractivity contribution in [2.24, 2.45) is 0 Å². The van der Waals surface area contributed by atoms with Crippen LogP contribution in [0.25, 0.3) is 9.81 Å². The van der Waals surface area contributed by atoms with Gasteiger partial charge in [0.1, 0.15) is 0 Å². The molecular weight excluding hydrogens is 416 g/mol. The monoisotopic (exact) mass is 424 g/mol. The minimum atomic E-state index is 1.11. The summed E-state index contributed by atoms with van der Waals surface area (Å²) in [6.45, 7) is 0. The zero-order chi connectivity index (χ0) is 13.9. The van der Waals surface area contributed by atoms with Crippen molar-refractivity contribution < 1.29 is 0 Å². The minimum absolute atomic E-state index is 1.11. The van der Waals surface area contributed by atoms with Crippen molar-refractivity contribution in [1.82, 2.24) is 0 Å². The molecule has 0 amide bonds. The first-order valence-corrected chi connectivity index (χ1v) is 9.32. The van der Waals surface area contributed by atoms with Crippen molar-refractivity contribution in [1.29, 1.82) is 0 Å². The van der Waals surface area contributed by atoms with E-state index in [0.29, 0.717) is 0 Å². The van der Waals surface area contributed by atoms with Crippen molar-refractivity contribution in [3.05, 3.63) is 79.4 Å². The summed E-state index contributed by atoms with van der Waals surface area (Å²) in [4.78, 5) is 2.59. The number of benzene rings is 2. The largest absolute Gasteiger partial charge is 0.104 e. The van der Waals surface area contributed by atoms with Crippen LogP contribution in [0.3, 0.4) is 0 Å². The van der Waals surface area contributed by atoms with Crippen LogP contribution in [0.2, 0.25) is 0 Å². The molecule has 0 fully saturated rings. The molecule has 20 heavy (non-hydrogen) atoms. The highest BCUT2D eigenvalue weighted by Crippen LogP contribution is 2.45. The molecular formula is C16H10Br2S2. The lowest BCUT2D eigenvalue weighted by atomic mass is 10.2. The molecule has 0 N–H and O–H groups in total. The fraction of sp³-hybridized carbons (Fsp3) is 0. The summed E-state index contributed by atoms with van der Waals surface area (Å²) in [5.41, 5.74) is 2.52. The van der Waals surface area contributed by atoms with Gasteiger partial charge in [-0.1, -0.05) is 67.9 Å². The van der Waals surface area contributed by atoms with E-state index in [2.05, 4.69) is 91.2 Å². The molecule has 0 unspecified atom stereocenters. The molecule has 1 aliphatic rings. The second-order valence-corrected chi connectivity index (χ2v) is 7.87. The average Bonchev–Trinajstić information content (AvgIpc) is 2.49. The van der Waals surface area contributed by atoms with Crippen molar-refractivity contribution >= 4 is 65.2 Å². The minimum Gasteiger partial charge on any atom is -0.104 e. The Kier molecular flexibility index (Phi) is 4.76. The van der Waals surface area contributed by atoms with Gasteiger partial charge in [-0.2, -0.15) is 0 Å². The van der Waals surface area contributed by atoms with E-state index in [-0.39, 0.29) is 0 Å². The quantitative estimate of drug-likeness (QED) is 0.508. The van der Waals surface area contributed by atoms with Gasteiger partial charge in [0.05, 0.1) is 0 Å². The third kappa shape index (κ3) is 3.42. The van der Waals surface area contributed by atoms with E-state index >= 15 is 0 Å². The first kappa shape index (κ1) is 14.5. The van der Waals surface area contributed by atoms with Gasteiger partial charge < -0.3 is 0 Å². The number of thioether (sulfide) groups is 2. The molecule has 4 heteroatoms. The zero-order valence-electron chi connectivity index (χ0n) is 10.3. The number of hydrogen-bond donors (Lipinski definition) is 0. The standard InChI is InChI=1S/C16H10Br2S2/c17-13-5-1-11(2-6-13)15-9-19-10-16(20-15)12-3-7-14(18)8-4-12/h1-10H. The highest BCUT2D eigenvalue weighted by Gasteiger charge is 2.12. The molecule has 0 saturated heterocycles. The molecule has 3 rings (SSSR count). The summed E-state index contributed by atoms with van der Waals surface area (Å²) >= 11 is 10.5. The molecule has 0 saturated carbocycles. The highest BCUT2D eigenvalue weighted by atomic mass is 79.9. The van der Waals surface area contributed by atoms with Gasteiger partial charge in [-0.3, -0.25) is 0 Å². The van der Waals surface area contributed by atoms with Gasteiger partial charge in [0.2, 0.25) is 0 Å². The van der Waals surface area contributed by atoms with Crippen LogP contribution in [0.4, 0.5) is 0 Å². The van der Waals surface area contributed by atoms with E-state index < -0.39 is 0 Å². The number of halogens is 2. The zero-order valence-corrected chi connectivity index (χ0v) is 15.2. The maximum absolute atomic E-state index is 3.48. The third-order valence-electron chi connectivity index (χ3n) is 2.83. The fourth-order valence-corrected chi connectivity index (χ4v) is 4.39. The van der Waals surface area contributed by atoms with E-state index in [1.54, 1.807) is 11.8 Å². The lowest BCUT2D eigenvalue weighted by Gasteiger charge is -2.15. The van der Waals surface area contributed by atoms with Gasteiger partial charge in [0.25, 0.3) is 0 Å². The van der Waals surface area contributed by atoms with E-state index in [4.69, 9.17) is 0 Å². The lowest BCUT2D eigenvalue weighted by molar-refractivity contribution is 1.60. The van der Waals surface area contributed by atoms with Gasteiger partial charge in [-0.25, -0.2) is 0 Å². The molecule has 2 aromatic rings. The third-order valence-corrected chi connectivity index (χ3v) is 6.07. The molecule has 1 aliphatic heterocycles. The van der Waals surface area contributed by atoms with Crippen LogP contribution in [-0.2, 0) is 0 Å². The summed E-state index contributed by atoms with van der Waals surface area (Å²) < 4.78 is 2.22. The summed E-state index contributed by atoms with van der Waals surface area (Å²) in [7, 11) is 0. The van der Waals surface area contributed by atoms with Crippen molar-refractivity contribution in [3.8, 4) is 0 Å². The Labute approximate surface area is 144 Å². The van der Waals surface area contributed by atoms with Gasteiger partial charge in [0.15, 0.2) is 0 Å². The second kappa shape index (κ2) is 6.56. The Morgan fingerprint density at radius 1 is 0.600 bits per heavy atom. The van der Waals surface area contributed by atoms with E-state index in [1.807, 2.05) is 11.8 Å². The van der Waals surface area contributed by atoms with Crippen molar-refractivity contribution in [2.75, 3.05) is 0 Å². The summed E-state index contributed by atoms with van der Waals surface area (Å²) in [6, 6.07) is 16.9. The molecule has 0 aromatic heterocycles. The Morgan fingerprint density at radius 2 is 1.00 bits per heavy atom. The van der Waals surface area contributed by atoms with Gasteiger partial charge in [-0.15, -0.1) is 11.8 Å². The normalized spacial score (nSPS) is 14.7. The topological polar surface area (TPSA) is 0 Å². The van der Waals surface area contributed by atoms with E-state index in [9.17, 15) is 0 Å². The van der Waals surface area contributed by atoms with Crippen LogP contribution in [0.15, 0.2) is 68.3 Å². The molecule has 0 atom stereocenters. The lowest BCUT2D eigenvalue weighted by Crippen LogP contribution is -1.86. The molecule has 0 spiro atoms. The SMILES string of the molecule is Brc1ccc(C2=CSC=C(c3ccc(Br)cc3)S2)cc1. The molecule has 0 radical (unpaired) electrons. The summed E-state index contributed by atoms with van der Waals surface area (Å²) in [5, 5.41) is 4.41. The average molecular weight is 426 g/mol. The van der Waals surface area contributed by atoms with Crippen LogP contribution in [-0.4, -0.2) is 0 Å². The van der Waals surface area contributed by atoms with Crippen molar-refractivity contribution in [3.63, 3.8) is 0 Å². The highest BCUT2D eigenvalue weighted by molar-refractivity contribution is 9.10. The molecule has 0 bridgehead atoms. The van der Waals surface area contributed by atoms with Crippen LogP contribution in [0.1, 0.15) is 11.1 Å². The summed E-state index contributed by atoms with van der Waals surface area (Å²) in [5.74, 6) is 0. The predicted molar refractivity (Wildman–Crippen MR) is 99.4 cm³/mol. The first-order chi connectivity index (χ1) is 9.72. The maximum Gasteiger partial charge on any atom is 0.0261 e. The smallest absolute Gasteiger partial charge is 0.0261 e. The first-order valence-electron chi connectivity index (χ1n) is 5.98. The van der Waals surface area contributed by atoms with Crippen LogP contribution in [0.5, 0.6) is 0 Å². The molecule has 0 nitrogen and oxygen atoms in total. The molecule has 1 heterocycles. The summed E-state index contributed by atoms with van der Waals surface area (Å²) in [6.07, 6.45) is 0. The van der Waals surface area contributed by atoms with Gasteiger partial charge in [0, 0.05) is 18.8 Å².